The van der Waals surface area contributed by atoms with Crippen LogP contribution in [0.3, 0.4) is 0 Å². The Morgan fingerprint density at radius 3 is 2.28 bits per heavy atom. The molecule has 1 fully saturated rings. The molecular weight excluding hydrogens is 675 g/mol. The van der Waals surface area contributed by atoms with Crippen LogP contribution in [0.4, 0.5) is 23.9 Å². The smallest absolute Gasteiger partial charge is 0.407 e. The number of aryl methyl sites for hydroxylation is 2. The molecule has 2 aliphatic rings. The molecule has 11 nitrogen and oxygen atoms in total. The highest BCUT2D eigenvalue weighted by Gasteiger charge is 2.51. The van der Waals surface area contributed by atoms with Crippen molar-refractivity contribution in [2.75, 3.05) is 11.3 Å². The van der Waals surface area contributed by atoms with E-state index in [4.69, 9.17) is 9.47 Å². The molecule has 0 unspecified atom stereocenters. The summed E-state index contributed by atoms with van der Waals surface area (Å²) in [6.45, 7) is 10.6. The van der Waals surface area contributed by atoms with E-state index in [1.807, 2.05) is 32.0 Å². The van der Waals surface area contributed by atoms with Crippen LogP contribution in [0.2, 0.25) is 0 Å². The monoisotopic (exact) mass is 717 g/mol. The minimum absolute atomic E-state index is 0.0469. The second-order valence-electron chi connectivity index (χ2n) is 14.5. The fourth-order valence-electron chi connectivity index (χ4n) is 6.18. The zero-order chi connectivity index (χ0) is 36.8. The largest absolute Gasteiger partial charge is 0.475 e. The minimum atomic E-state index is -4.63. The number of aromatic nitrogens is 2. The molecule has 1 aliphatic heterocycles. The first-order chi connectivity index (χ1) is 23.1. The van der Waals surface area contributed by atoms with Gasteiger partial charge in [0.1, 0.15) is 12.2 Å². The molecule has 3 aromatic rings. The maximum Gasteiger partial charge on any atom is 0.407 e. The highest BCUT2D eigenvalue weighted by molar-refractivity contribution is 7.92. The second-order valence-corrected chi connectivity index (χ2v) is 16.2. The van der Waals surface area contributed by atoms with Crippen molar-refractivity contribution in [1.29, 1.82) is 0 Å². The van der Waals surface area contributed by atoms with E-state index in [9.17, 15) is 31.2 Å². The molecule has 270 valence electrons. The van der Waals surface area contributed by atoms with Crippen molar-refractivity contribution in [2.24, 2.45) is 5.41 Å². The molecule has 2 heterocycles. The number of carbonyl (C=O) groups excluding carboxylic acids is 2. The average molecular weight is 718 g/mol. The Morgan fingerprint density at radius 1 is 1.02 bits per heavy atom. The van der Waals surface area contributed by atoms with Crippen molar-refractivity contribution in [2.45, 2.75) is 103 Å². The van der Waals surface area contributed by atoms with E-state index in [-0.39, 0.29) is 35.1 Å². The topological polar surface area (TPSA) is 140 Å². The number of rotatable bonds is 5. The number of fused-ring (bicyclic) bond motifs is 4. The molecule has 1 aromatic heterocycles. The van der Waals surface area contributed by atoms with E-state index in [0.29, 0.717) is 11.3 Å². The second kappa shape index (κ2) is 13.4. The van der Waals surface area contributed by atoms with Gasteiger partial charge in [-0.2, -0.15) is 18.2 Å². The maximum absolute atomic E-state index is 14.4. The molecule has 1 saturated carbocycles. The van der Waals surface area contributed by atoms with Gasteiger partial charge in [-0.25, -0.2) is 22.9 Å². The Morgan fingerprint density at radius 2 is 1.66 bits per heavy atom. The Bertz CT molecular complexity index is 1870. The van der Waals surface area contributed by atoms with Gasteiger partial charge in [0.05, 0.1) is 22.0 Å². The van der Waals surface area contributed by atoms with Gasteiger partial charge in [0.15, 0.2) is 0 Å². The fourth-order valence-corrected chi connectivity index (χ4v) is 7.17. The first-order valence-electron chi connectivity index (χ1n) is 16.2. The van der Waals surface area contributed by atoms with Gasteiger partial charge in [-0.1, -0.05) is 38.1 Å². The zero-order valence-electron chi connectivity index (χ0n) is 29.0. The Kier molecular flexibility index (Phi) is 9.87. The van der Waals surface area contributed by atoms with Gasteiger partial charge in [-0.3, -0.25) is 4.79 Å². The maximum atomic E-state index is 14.4. The minimum Gasteiger partial charge on any atom is -0.475 e. The van der Waals surface area contributed by atoms with E-state index in [2.05, 4.69) is 20.0 Å². The Hall–Kier alpha value is -4.40. The summed E-state index contributed by atoms with van der Waals surface area (Å²) >= 11 is 0. The van der Waals surface area contributed by atoms with Gasteiger partial charge in [0.25, 0.3) is 15.9 Å². The lowest BCUT2D eigenvalue weighted by Gasteiger charge is -2.48. The summed E-state index contributed by atoms with van der Waals surface area (Å²) in [5.74, 6) is -1.08. The van der Waals surface area contributed by atoms with Gasteiger partial charge in [-0.05, 0) is 83.2 Å². The van der Waals surface area contributed by atoms with E-state index in [1.54, 1.807) is 20.8 Å². The lowest BCUT2D eigenvalue weighted by molar-refractivity contribution is -0.218. The predicted molar refractivity (Wildman–Crippen MR) is 180 cm³/mol. The van der Waals surface area contributed by atoms with E-state index >= 15 is 0 Å². The summed E-state index contributed by atoms with van der Waals surface area (Å²) in [6.07, 6.45) is -5.37. The SMILES string of the molecule is Cc1cccc(C)c1-c1cc2nc(n1)NS(=O)(=O)c1cccc(c1)C(=O)N(C1CC(NC(=O)OC(C)(C)C)C1)[C@H](CC(C)(C)C(F)(F)F)CO2. The van der Waals surface area contributed by atoms with E-state index in [1.165, 1.54) is 35.2 Å². The number of ether oxygens (including phenoxy) is 2. The average Bonchev–Trinajstić information content (AvgIpc) is 2.96. The third-order valence-corrected chi connectivity index (χ3v) is 10.2. The molecule has 5 rings (SSSR count). The van der Waals surface area contributed by atoms with Crippen molar-refractivity contribution < 1.29 is 40.7 Å². The van der Waals surface area contributed by atoms with Gasteiger partial charge in [0, 0.05) is 29.3 Å². The Labute approximate surface area is 290 Å². The van der Waals surface area contributed by atoms with Crippen molar-refractivity contribution >= 4 is 28.0 Å². The van der Waals surface area contributed by atoms with Crippen molar-refractivity contribution in [1.82, 2.24) is 20.2 Å². The van der Waals surface area contributed by atoms with Crippen molar-refractivity contribution in [3.8, 4) is 17.1 Å². The molecule has 0 saturated heterocycles. The quantitative estimate of drug-likeness (QED) is 0.294. The number of nitrogens with one attached hydrogen (secondary N) is 2. The summed E-state index contributed by atoms with van der Waals surface area (Å²) in [5, 5.41) is 2.76. The van der Waals surface area contributed by atoms with Gasteiger partial charge in [-0.15, -0.1) is 0 Å². The zero-order valence-corrected chi connectivity index (χ0v) is 29.8. The van der Waals surface area contributed by atoms with Crippen LogP contribution < -0.4 is 14.8 Å². The Balaban J connectivity index is 1.61. The number of sulfonamides is 1. The highest BCUT2D eigenvalue weighted by atomic mass is 32.2. The summed E-state index contributed by atoms with van der Waals surface area (Å²) in [4.78, 5) is 36.6. The molecule has 4 bridgehead atoms. The molecule has 0 spiro atoms. The number of benzene rings is 2. The summed E-state index contributed by atoms with van der Waals surface area (Å²) < 4.78 is 84.3. The van der Waals surface area contributed by atoms with Gasteiger partial charge >= 0.3 is 12.3 Å². The first-order valence-corrected chi connectivity index (χ1v) is 17.7. The van der Waals surface area contributed by atoms with Crippen LogP contribution in [-0.2, 0) is 14.8 Å². The summed E-state index contributed by atoms with van der Waals surface area (Å²) in [6, 6.07) is 10.2. The number of hydrogen-bond acceptors (Lipinski definition) is 8. The predicted octanol–water partition coefficient (Wildman–Crippen LogP) is 6.80. The summed E-state index contributed by atoms with van der Waals surface area (Å²) in [7, 11) is -4.34. The molecule has 1 atom stereocenters. The fraction of sp³-hybridized carbons (Fsp3) is 0.486. The normalized spacial score (nSPS) is 21.0. The molecular formula is C35H42F3N5O6S. The van der Waals surface area contributed by atoms with Crippen LogP contribution in [0.5, 0.6) is 5.88 Å². The van der Waals surface area contributed by atoms with Crippen LogP contribution in [0.1, 0.15) is 75.4 Å². The number of amides is 2. The first kappa shape index (κ1) is 36.9. The van der Waals surface area contributed by atoms with Gasteiger partial charge < -0.3 is 19.7 Å². The number of halogens is 3. The van der Waals surface area contributed by atoms with Gasteiger partial charge in [0.2, 0.25) is 11.8 Å². The van der Waals surface area contributed by atoms with Crippen LogP contribution in [0.25, 0.3) is 11.3 Å². The number of carbonyl (C=O) groups is 2. The number of anilines is 1. The molecule has 2 N–H and O–H groups in total. The lowest BCUT2D eigenvalue weighted by Crippen LogP contribution is -2.60. The van der Waals surface area contributed by atoms with E-state index in [0.717, 1.165) is 25.0 Å². The molecule has 15 heteroatoms. The van der Waals surface area contributed by atoms with Crippen LogP contribution in [0, 0.1) is 19.3 Å². The van der Waals surface area contributed by atoms with Crippen LogP contribution in [0.15, 0.2) is 53.4 Å². The number of nitrogens with zero attached hydrogens (tertiary/aromatic N) is 3. The number of alkyl halides is 3. The van der Waals surface area contributed by atoms with Crippen molar-refractivity contribution in [3.05, 3.63) is 65.2 Å². The molecule has 2 aromatic carbocycles. The number of hydrogen-bond donors (Lipinski definition) is 2. The molecule has 2 amide bonds. The van der Waals surface area contributed by atoms with Crippen LogP contribution in [-0.4, -0.2) is 71.8 Å². The third kappa shape index (κ3) is 8.14. The number of alkyl carbamates (subject to hydrolysis) is 1. The van der Waals surface area contributed by atoms with Crippen molar-refractivity contribution in [3.63, 3.8) is 0 Å². The summed E-state index contributed by atoms with van der Waals surface area (Å²) in [5.41, 5.74) is -0.320. The van der Waals surface area contributed by atoms with Crippen LogP contribution >= 0.6 is 0 Å². The third-order valence-electron chi connectivity index (χ3n) is 8.85. The molecule has 50 heavy (non-hydrogen) atoms. The molecule has 1 aliphatic carbocycles. The molecule has 0 radical (unpaired) electrons. The lowest BCUT2D eigenvalue weighted by atomic mass is 9.80. The standard InChI is InChI=1S/C35H42F3N5O6S/c1-20-10-8-11-21(2)29(20)27-17-28-41-31(40-27)42-50(46,47)26-13-9-12-22(14-26)30(44)43(25(19-48-28)18-34(6,7)35(36,37)38)24-15-23(16-24)39-32(45)49-33(3,4)5/h8-14,17,23-25H,15-16,18-19H2,1-7H3,(H,39,45)(H,40,41,42)/t23?,24?,25-/m1/s1. The van der Waals surface area contributed by atoms with E-state index < -0.39 is 70.4 Å². The highest BCUT2D eigenvalue weighted by Crippen LogP contribution is 2.43.